The van der Waals surface area contributed by atoms with Crippen LogP contribution in [0.5, 0.6) is 0 Å². The summed E-state index contributed by atoms with van der Waals surface area (Å²) in [5, 5.41) is 5.23. The molecule has 0 spiro atoms. The van der Waals surface area contributed by atoms with E-state index in [4.69, 9.17) is 4.74 Å². The molecular weight excluding hydrogens is 316 g/mol. The summed E-state index contributed by atoms with van der Waals surface area (Å²) in [4.78, 5) is 18.9. The molecule has 0 N–H and O–H groups in total. The van der Waals surface area contributed by atoms with Crippen LogP contribution in [0.25, 0.3) is 11.0 Å². The predicted molar refractivity (Wildman–Crippen MR) is 93.9 cm³/mol. The fourth-order valence-corrected chi connectivity index (χ4v) is 3.21. The van der Waals surface area contributed by atoms with Gasteiger partial charge >= 0.3 is 0 Å². The van der Waals surface area contributed by atoms with Crippen LogP contribution in [0.3, 0.4) is 0 Å². The number of ether oxygens (including phenoxy) is 1. The van der Waals surface area contributed by atoms with Gasteiger partial charge in [-0.2, -0.15) is 5.10 Å². The smallest absolute Gasteiger partial charge is 0.244 e. The lowest BCUT2D eigenvalue weighted by atomic mass is 10.1. The molecule has 1 aliphatic rings. The number of hydrogen-bond acceptors (Lipinski definition) is 4. The molecule has 1 atom stereocenters. The number of nitrogens with zero attached hydrogens (tertiary/aromatic N) is 4. The van der Waals surface area contributed by atoms with E-state index in [0.717, 1.165) is 17.5 Å². The van der Waals surface area contributed by atoms with Gasteiger partial charge < -0.3 is 9.64 Å². The van der Waals surface area contributed by atoms with Gasteiger partial charge in [0.05, 0.1) is 18.9 Å². The van der Waals surface area contributed by atoms with Crippen molar-refractivity contribution in [3.63, 3.8) is 0 Å². The van der Waals surface area contributed by atoms with E-state index in [0.29, 0.717) is 19.7 Å². The number of fused-ring (bicyclic) bond motifs is 1. The van der Waals surface area contributed by atoms with E-state index in [1.54, 1.807) is 17.1 Å². The zero-order chi connectivity index (χ0) is 17.1. The Morgan fingerprint density at radius 2 is 2.04 bits per heavy atom. The first kappa shape index (κ1) is 15.8. The van der Waals surface area contributed by atoms with Crippen LogP contribution in [0, 0.1) is 0 Å². The van der Waals surface area contributed by atoms with Crippen molar-refractivity contribution in [3.05, 3.63) is 60.4 Å². The van der Waals surface area contributed by atoms with E-state index in [1.807, 2.05) is 35.2 Å². The topological polar surface area (TPSA) is 60.2 Å². The zero-order valence-electron chi connectivity index (χ0n) is 13.9. The van der Waals surface area contributed by atoms with Gasteiger partial charge in [-0.3, -0.25) is 4.79 Å². The summed E-state index contributed by atoms with van der Waals surface area (Å²) < 4.78 is 7.61. The van der Waals surface area contributed by atoms with Crippen LogP contribution in [0.2, 0.25) is 0 Å². The number of rotatable bonds is 3. The number of pyridine rings is 1. The highest BCUT2D eigenvalue weighted by atomic mass is 16.5. The Balaban J connectivity index is 1.43. The first-order valence-corrected chi connectivity index (χ1v) is 8.52. The minimum Gasteiger partial charge on any atom is -0.372 e. The van der Waals surface area contributed by atoms with Gasteiger partial charge in [0.15, 0.2) is 5.65 Å². The summed E-state index contributed by atoms with van der Waals surface area (Å²) in [6.45, 7) is 2.04. The minimum atomic E-state index is 0.0474. The van der Waals surface area contributed by atoms with Crippen molar-refractivity contribution in [2.45, 2.75) is 19.1 Å². The van der Waals surface area contributed by atoms with Gasteiger partial charge in [-0.05, 0) is 24.1 Å². The van der Waals surface area contributed by atoms with E-state index >= 15 is 0 Å². The second-order valence-corrected chi connectivity index (χ2v) is 6.16. The van der Waals surface area contributed by atoms with Crippen molar-refractivity contribution in [1.82, 2.24) is 19.7 Å². The summed E-state index contributed by atoms with van der Waals surface area (Å²) in [6.07, 6.45) is 4.31. The number of benzene rings is 1. The molecule has 1 fully saturated rings. The molecule has 0 unspecified atom stereocenters. The van der Waals surface area contributed by atoms with Gasteiger partial charge in [-0.1, -0.05) is 30.3 Å². The molecule has 4 rings (SSSR count). The second kappa shape index (κ2) is 7.03. The van der Waals surface area contributed by atoms with Gasteiger partial charge in [0, 0.05) is 24.7 Å². The van der Waals surface area contributed by atoms with Gasteiger partial charge in [-0.15, -0.1) is 0 Å². The van der Waals surface area contributed by atoms with E-state index in [2.05, 4.69) is 22.2 Å². The molecule has 1 amide bonds. The first-order valence-electron chi connectivity index (χ1n) is 8.52. The Labute approximate surface area is 146 Å². The van der Waals surface area contributed by atoms with Crippen LogP contribution >= 0.6 is 0 Å². The van der Waals surface area contributed by atoms with E-state index in [1.165, 1.54) is 5.56 Å². The summed E-state index contributed by atoms with van der Waals surface area (Å²) >= 11 is 0. The normalized spacial score (nSPS) is 18.2. The van der Waals surface area contributed by atoms with Crippen molar-refractivity contribution in [3.8, 4) is 0 Å². The van der Waals surface area contributed by atoms with Gasteiger partial charge in [0.25, 0.3) is 0 Å². The van der Waals surface area contributed by atoms with Crippen molar-refractivity contribution in [2.75, 3.05) is 19.7 Å². The number of carbonyl (C=O) groups excluding carboxylic acids is 1. The number of amides is 1. The highest BCUT2D eigenvalue weighted by molar-refractivity contribution is 5.79. The van der Waals surface area contributed by atoms with Gasteiger partial charge in [-0.25, -0.2) is 9.67 Å². The fraction of sp³-hybridized carbons (Fsp3) is 0.316. The van der Waals surface area contributed by atoms with Gasteiger partial charge in [0.2, 0.25) is 5.91 Å². The Hall–Kier alpha value is -2.73. The molecule has 25 heavy (non-hydrogen) atoms. The molecule has 128 valence electrons. The molecule has 1 saturated heterocycles. The van der Waals surface area contributed by atoms with E-state index in [-0.39, 0.29) is 18.6 Å². The summed E-state index contributed by atoms with van der Waals surface area (Å²) in [5.41, 5.74) is 1.91. The highest BCUT2D eigenvalue weighted by Gasteiger charge is 2.22. The zero-order valence-corrected chi connectivity index (χ0v) is 13.9. The standard InChI is InChI=1S/C19H20N4O2/c24-18(14-23-19-16(13-21-23)7-4-9-20-19)22-10-8-17(25-12-11-22)15-5-2-1-3-6-15/h1-7,9,13,17H,8,10-12,14H2/t17-/m0/s1. The van der Waals surface area contributed by atoms with Crippen LogP contribution in [-0.2, 0) is 16.1 Å². The third-order valence-corrected chi connectivity index (χ3v) is 4.55. The maximum Gasteiger partial charge on any atom is 0.244 e. The Morgan fingerprint density at radius 1 is 1.16 bits per heavy atom. The number of carbonyl (C=O) groups is 1. The molecule has 6 heteroatoms. The third kappa shape index (κ3) is 3.39. The molecule has 0 radical (unpaired) electrons. The first-order chi connectivity index (χ1) is 12.3. The average Bonchev–Trinajstić information content (AvgIpc) is 2.90. The molecular formula is C19H20N4O2. The Kier molecular flexibility index (Phi) is 4.43. The third-order valence-electron chi connectivity index (χ3n) is 4.55. The minimum absolute atomic E-state index is 0.0474. The molecule has 0 bridgehead atoms. The van der Waals surface area contributed by atoms with Crippen LogP contribution in [0.1, 0.15) is 18.1 Å². The van der Waals surface area contributed by atoms with Crippen LogP contribution in [0.15, 0.2) is 54.9 Å². The summed E-state index contributed by atoms with van der Waals surface area (Å²) in [6, 6.07) is 14.0. The van der Waals surface area contributed by atoms with Crippen LogP contribution in [0.4, 0.5) is 0 Å². The molecule has 3 aromatic rings. The largest absolute Gasteiger partial charge is 0.372 e. The molecule has 3 heterocycles. The molecule has 0 aliphatic carbocycles. The van der Waals surface area contributed by atoms with Crippen molar-refractivity contribution in [1.29, 1.82) is 0 Å². The SMILES string of the molecule is O=C(Cn1ncc2cccnc21)N1CCO[C@H](c2ccccc2)CC1. The average molecular weight is 336 g/mol. The predicted octanol–water partition coefficient (Wildman–Crippen LogP) is 2.42. The van der Waals surface area contributed by atoms with E-state index in [9.17, 15) is 4.79 Å². The summed E-state index contributed by atoms with van der Waals surface area (Å²) in [7, 11) is 0. The lowest BCUT2D eigenvalue weighted by Gasteiger charge is -2.20. The molecule has 1 aromatic carbocycles. The second-order valence-electron chi connectivity index (χ2n) is 6.16. The van der Waals surface area contributed by atoms with Crippen molar-refractivity contribution < 1.29 is 9.53 Å². The van der Waals surface area contributed by atoms with Crippen molar-refractivity contribution >= 4 is 16.9 Å². The van der Waals surface area contributed by atoms with Gasteiger partial charge in [0.1, 0.15) is 6.54 Å². The molecule has 0 saturated carbocycles. The Bertz CT molecular complexity index is 862. The molecule has 6 nitrogen and oxygen atoms in total. The van der Waals surface area contributed by atoms with Crippen LogP contribution < -0.4 is 0 Å². The number of aromatic nitrogens is 3. The number of hydrogen-bond donors (Lipinski definition) is 0. The fourth-order valence-electron chi connectivity index (χ4n) is 3.21. The monoisotopic (exact) mass is 336 g/mol. The van der Waals surface area contributed by atoms with E-state index < -0.39 is 0 Å². The quantitative estimate of drug-likeness (QED) is 0.737. The lowest BCUT2D eigenvalue weighted by molar-refractivity contribution is -0.132. The maximum absolute atomic E-state index is 12.7. The van der Waals surface area contributed by atoms with Crippen molar-refractivity contribution in [2.24, 2.45) is 0 Å². The highest BCUT2D eigenvalue weighted by Crippen LogP contribution is 2.23. The van der Waals surface area contributed by atoms with Crippen LogP contribution in [-0.4, -0.2) is 45.3 Å². The Morgan fingerprint density at radius 3 is 2.92 bits per heavy atom. The molecule has 2 aromatic heterocycles. The lowest BCUT2D eigenvalue weighted by Crippen LogP contribution is -2.36. The maximum atomic E-state index is 12.7. The summed E-state index contributed by atoms with van der Waals surface area (Å²) in [5.74, 6) is 0.0490. The molecule has 1 aliphatic heterocycles.